The van der Waals surface area contributed by atoms with Crippen molar-refractivity contribution in [3.05, 3.63) is 40.5 Å². The van der Waals surface area contributed by atoms with Gasteiger partial charge in [-0.1, -0.05) is 0 Å². The second-order valence-electron chi connectivity index (χ2n) is 6.97. The minimum atomic E-state index is -0.0777. The van der Waals surface area contributed by atoms with Gasteiger partial charge in [0.2, 0.25) is 5.91 Å². The van der Waals surface area contributed by atoms with Crippen molar-refractivity contribution < 1.29 is 9.69 Å². The van der Waals surface area contributed by atoms with Gasteiger partial charge in [-0.15, -0.1) is 11.3 Å². The van der Waals surface area contributed by atoms with Gasteiger partial charge in [0, 0.05) is 23.2 Å². The Morgan fingerprint density at radius 2 is 1.71 bits per heavy atom. The number of aryl methyl sites for hydroxylation is 2. The standard InChI is InChI=1S/C21H27N5OS/c1-6-26(7-2)12-18-24-20(19-13(3)14(4)28-21(19)25-18)23-17-10-8-16(9-11-17)22-15(5)27/h8-11H,6-7,12H2,1-5H3,(H,22,27)(H,23,24,25)/p+1. The summed E-state index contributed by atoms with van der Waals surface area (Å²) in [6, 6.07) is 7.66. The van der Waals surface area contributed by atoms with Gasteiger partial charge in [0.1, 0.15) is 17.2 Å². The topological polar surface area (TPSA) is 71.3 Å². The molecule has 3 N–H and O–H groups in total. The fourth-order valence-electron chi connectivity index (χ4n) is 3.16. The number of carbonyl (C=O) groups excluding carboxylic acids is 1. The van der Waals surface area contributed by atoms with Crippen LogP contribution in [-0.2, 0) is 11.3 Å². The number of nitrogens with one attached hydrogen (secondary N) is 3. The molecule has 3 rings (SSSR count). The van der Waals surface area contributed by atoms with Crippen LogP contribution in [-0.4, -0.2) is 29.0 Å². The predicted octanol–water partition coefficient (Wildman–Crippen LogP) is 3.43. The van der Waals surface area contributed by atoms with Crippen LogP contribution in [0, 0.1) is 13.8 Å². The Labute approximate surface area is 170 Å². The van der Waals surface area contributed by atoms with Crippen molar-refractivity contribution in [2.75, 3.05) is 23.7 Å². The average molecular weight is 399 g/mol. The Kier molecular flexibility index (Phi) is 6.26. The molecule has 0 bridgehead atoms. The van der Waals surface area contributed by atoms with Gasteiger partial charge in [0.25, 0.3) is 0 Å². The number of hydrogen-bond acceptors (Lipinski definition) is 5. The summed E-state index contributed by atoms with van der Waals surface area (Å²) in [5, 5.41) is 7.34. The molecule has 2 heterocycles. The summed E-state index contributed by atoms with van der Waals surface area (Å²) in [6.07, 6.45) is 0. The normalized spacial score (nSPS) is 11.2. The van der Waals surface area contributed by atoms with E-state index >= 15 is 0 Å². The Balaban J connectivity index is 1.96. The summed E-state index contributed by atoms with van der Waals surface area (Å²) >= 11 is 1.72. The highest BCUT2D eigenvalue weighted by Gasteiger charge is 2.17. The first-order valence-electron chi connectivity index (χ1n) is 9.66. The molecule has 0 fully saturated rings. The van der Waals surface area contributed by atoms with Crippen LogP contribution in [0.1, 0.15) is 37.0 Å². The Morgan fingerprint density at radius 3 is 2.32 bits per heavy atom. The van der Waals surface area contributed by atoms with Crippen LogP contribution in [0.4, 0.5) is 17.2 Å². The summed E-state index contributed by atoms with van der Waals surface area (Å²) in [5.41, 5.74) is 2.93. The molecule has 2 aromatic heterocycles. The fourth-order valence-corrected chi connectivity index (χ4v) is 4.21. The van der Waals surface area contributed by atoms with E-state index in [1.165, 1.54) is 22.3 Å². The number of rotatable bonds is 7. The third-order valence-corrected chi connectivity index (χ3v) is 6.05. The molecule has 0 saturated heterocycles. The molecule has 0 spiro atoms. The summed E-state index contributed by atoms with van der Waals surface area (Å²) in [7, 11) is 0. The number of benzene rings is 1. The van der Waals surface area contributed by atoms with E-state index < -0.39 is 0 Å². The van der Waals surface area contributed by atoms with E-state index in [0.29, 0.717) is 0 Å². The number of amides is 1. The second kappa shape index (κ2) is 8.67. The van der Waals surface area contributed by atoms with Gasteiger partial charge in [-0.05, 0) is 57.5 Å². The summed E-state index contributed by atoms with van der Waals surface area (Å²) in [4.78, 5) is 24.7. The number of thiophene rings is 1. The molecule has 1 aromatic carbocycles. The molecular weight excluding hydrogens is 370 g/mol. The van der Waals surface area contributed by atoms with Crippen LogP contribution in [0.3, 0.4) is 0 Å². The van der Waals surface area contributed by atoms with Crippen molar-refractivity contribution in [2.45, 2.75) is 41.2 Å². The monoisotopic (exact) mass is 398 g/mol. The highest BCUT2D eigenvalue weighted by Crippen LogP contribution is 2.34. The minimum absolute atomic E-state index is 0.0777. The SMILES string of the molecule is CC[NH+](CC)Cc1nc(Nc2ccc(NC(C)=O)cc2)c2c(C)c(C)sc2n1. The fraction of sp³-hybridized carbons (Fsp3) is 0.381. The number of fused-ring (bicyclic) bond motifs is 1. The molecule has 0 atom stereocenters. The Morgan fingerprint density at radius 1 is 1.07 bits per heavy atom. The molecule has 1 amide bonds. The second-order valence-corrected chi connectivity index (χ2v) is 8.17. The van der Waals surface area contributed by atoms with Gasteiger partial charge >= 0.3 is 0 Å². The maximum Gasteiger partial charge on any atom is 0.221 e. The van der Waals surface area contributed by atoms with E-state index in [1.807, 2.05) is 24.3 Å². The molecule has 0 unspecified atom stereocenters. The van der Waals surface area contributed by atoms with E-state index in [9.17, 15) is 4.79 Å². The van der Waals surface area contributed by atoms with E-state index in [2.05, 4.69) is 38.3 Å². The molecule has 6 nitrogen and oxygen atoms in total. The van der Waals surface area contributed by atoms with Crippen molar-refractivity contribution in [1.29, 1.82) is 0 Å². The number of hydrogen-bond donors (Lipinski definition) is 3. The van der Waals surface area contributed by atoms with Gasteiger partial charge in [-0.2, -0.15) is 0 Å². The molecule has 148 valence electrons. The van der Waals surface area contributed by atoms with E-state index in [-0.39, 0.29) is 5.91 Å². The number of anilines is 3. The zero-order valence-corrected chi connectivity index (χ0v) is 18.0. The minimum Gasteiger partial charge on any atom is -0.340 e. The van der Waals surface area contributed by atoms with Crippen molar-refractivity contribution >= 4 is 44.7 Å². The van der Waals surface area contributed by atoms with Crippen LogP contribution in [0.25, 0.3) is 10.2 Å². The lowest BCUT2D eigenvalue weighted by atomic mass is 10.2. The van der Waals surface area contributed by atoms with Crippen LogP contribution < -0.4 is 15.5 Å². The molecule has 3 aromatic rings. The summed E-state index contributed by atoms with van der Waals surface area (Å²) in [5.74, 6) is 1.64. The molecule has 7 heteroatoms. The number of quaternary nitrogens is 1. The van der Waals surface area contributed by atoms with Crippen molar-refractivity contribution in [3.63, 3.8) is 0 Å². The third kappa shape index (κ3) is 4.48. The Hall–Kier alpha value is -2.51. The van der Waals surface area contributed by atoms with Crippen LogP contribution in [0.15, 0.2) is 24.3 Å². The maximum absolute atomic E-state index is 11.2. The number of aromatic nitrogens is 2. The van der Waals surface area contributed by atoms with Crippen molar-refractivity contribution in [1.82, 2.24) is 9.97 Å². The highest BCUT2D eigenvalue weighted by molar-refractivity contribution is 7.18. The molecule has 0 saturated carbocycles. The lowest BCUT2D eigenvalue weighted by molar-refractivity contribution is -0.910. The van der Waals surface area contributed by atoms with Crippen molar-refractivity contribution in [2.24, 2.45) is 0 Å². The van der Waals surface area contributed by atoms with E-state index in [1.54, 1.807) is 11.3 Å². The van der Waals surface area contributed by atoms with Crippen molar-refractivity contribution in [3.8, 4) is 0 Å². The Bertz CT molecular complexity index is 977. The first-order valence-corrected chi connectivity index (χ1v) is 10.5. The van der Waals surface area contributed by atoms with Gasteiger partial charge in [0.05, 0.1) is 18.5 Å². The predicted molar refractivity (Wildman–Crippen MR) is 117 cm³/mol. The first kappa shape index (κ1) is 20.2. The maximum atomic E-state index is 11.2. The van der Waals surface area contributed by atoms with Gasteiger partial charge < -0.3 is 15.5 Å². The lowest BCUT2D eigenvalue weighted by Crippen LogP contribution is -3.10. The molecule has 28 heavy (non-hydrogen) atoms. The van der Waals surface area contributed by atoms with E-state index in [0.717, 1.165) is 52.9 Å². The van der Waals surface area contributed by atoms with Gasteiger partial charge in [0.15, 0.2) is 5.82 Å². The molecule has 0 aliphatic carbocycles. The summed E-state index contributed by atoms with van der Waals surface area (Å²) < 4.78 is 0. The van der Waals surface area contributed by atoms with Gasteiger partial charge in [-0.25, -0.2) is 9.97 Å². The van der Waals surface area contributed by atoms with Crippen LogP contribution in [0.2, 0.25) is 0 Å². The van der Waals surface area contributed by atoms with Crippen LogP contribution in [0.5, 0.6) is 0 Å². The lowest BCUT2D eigenvalue weighted by Gasteiger charge is -2.15. The number of carbonyl (C=O) groups is 1. The third-order valence-electron chi connectivity index (χ3n) is 4.95. The highest BCUT2D eigenvalue weighted by atomic mass is 32.1. The first-order chi connectivity index (χ1) is 13.4. The zero-order chi connectivity index (χ0) is 20.3. The van der Waals surface area contributed by atoms with Crippen LogP contribution >= 0.6 is 11.3 Å². The molecule has 0 aliphatic heterocycles. The quantitative estimate of drug-likeness (QED) is 0.570. The number of nitrogens with zero attached hydrogens (tertiary/aromatic N) is 2. The largest absolute Gasteiger partial charge is 0.340 e. The molecule has 0 aliphatic rings. The molecular formula is C21H28N5OS+. The summed E-state index contributed by atoms with van der Waals surface area (Å²) in [6.45, 7) is 13.0. The van der Waals surface area contributed by atoms with Gasteiger partial charge in [-0.3, -0.25) is 4.79 Å². The average Bonchev–Trinajstić information content (AvgIpc) is 2.95. The molecule has 0 radical (unpaired) electrons. The zero-order valence-electron chi connectivity index (χ0n) is 17.1. The van der Waals surface area contributed by atoms with E-state index in [4.69, 9.17) is 9.97 Å². The smallest absolute Gasteiger partial charge is 0.221 e.